The number of piperidine rings is 1. The minimum atomic E-state index is -1.19. The number of nitrogens with zero attached hydrogens (tertiary/aromatic N) is 2. The van der Waals surface area contributed by atoms with E-state index in [0.717, 1.165) is 62.6 Å². The summed E-state index contributed by atoms with van der Waals surface area (Å²) >= 11 is 1.98. The van der Waals surface area contributed by atoms with Gasteiger partial charge in [-0.1, -0.05) is 86.3 Å². The van der Waals surface area contributed by atoms with Gasteiger partial charge in [-0.25, -0.2) is 0 Å². The largest absolute Gasteiger partial charge is 0.377 e. The summed E-state index contributed by atoms with van der Waals surface area (Å²) in [6.45, 7) is 5.32. The van der Waals surface area contributed by atoms with Crippen molar-refractivity contribution in [3.05, 3.63) is 77.9 Å². The monoisotopic (exact) mass is 506 g/mol. The van der Waals surface area contributed by atoms with Crippen molar-refractivity contribution in [1.29, 1.82) is 0 Å². The Balaban J connectivity index is 1.29. The Bertz CT molecular complexity index is 1070. The first-order valence-corrected chi connectivity index (χ1v) is 14.8. The fraction of sp³-hybridized carbons (Fsp3) is 0.533. The molecule has 6 heteroatoms. The fourth-order valence-corrected chi connectivity index (χ4v) is 7.48. The highest BCUT2D eigenvalue weighted by molar-refractivity contribution is 7.99. The smallest absolute Gasteiger partial charge is 0.281 e. The van der Waals surface area contributed by atoms with Gasteiger partial charge in [0.2, 0.25) is 5.82 Å². The first kappa shape index (κ1) is 25.5. The molecule has 2 aliphatic rings. The third kappa shape index (κ3) is 5.71. The lowest BCUT2D eigenvalue weighted by Crippen LogP contribution is -3.12. The number of hydrogen-bond acceptors (Lipinski definition) is 5. The lowest BCUT2D eigenvalue weighted by molar-refractivity contribution is -0.924. The number of aliphatic hydroxyl groups is 1. The first-order valence-electron chi connectivity index (χ1n) is 13.8. The van der Waals surface area contributed by atoms with Crippen LogP contribution in [-0.2, 0) is 12.1 Å². The molecule has 1 aliphatic carbocycles. The summed E-state index contributed by atoms with van der Waals surface area (Å²) in [5, 5.41) is 16.5. The van der Waals surface area contributed by atoms with Gasteiger partial charge in [0.25, 0.3) is 5.89 Å². The molecule has 4 unspecified atom stereocenters. The quantitative estimate of drug-likeness (QED) is 0.395. The van der Waals surface area contributed by atoms with Gasteiger partial charge < -0.3 is 14.5 Å². The number of likely N-dealkylation sites (tertiary alicyclic amines) is 1. The summed E-state index contributed by atoms with van der Waals surface area (Å²) in [6.07, 6.45) is 7.98. The van der Waals surface area contributed by atoms with Crippen LogP contribution >= 0.6 is 11.8 Å². The number of rotatable bonds is 9. The molecule has 1 saturated carbocycles. The molecule has 1 aliphatic heterocycles. The van der Waals surface area contributed by atoms with Crippen molar-refractivity contribution in [3.8, 4) is 0 Å². The van der Waals surface area contributed by atoms with Crippen LogP contribution in [0.4, 0.5) is 0 Å². The molecular weight excluding hydrogens is 466 g/mol. The number of hydrogen-bond donors (Lipinski definition) is 2. The van der Waals surface area contributed by atoms with Gasteiger partial charge in [0, 0.05) is 16.6 Å². The van der Waals surface area contributed by atoms with Crippen molar-refractivity contribution < 1.29 is 14.5 Å². The molecule has 5 rings (SSSR count). The second-order valence-electron chi connectivity index (χ2n) is 10.7. The maximum atomic E-state index is 12.1. The molecule has 3 aromatic rings. The van der Waals surface area contributed by atoms with Gasteiger partial charge in [-0.2, -0.15) is 4.98 Å². The molecule has 2 fully saturated rings. The molecule has 4 atom stereocenters. The van der Waals surface area contributed by atoms with E-state index in [1.165, 1.54) is 29.1 Å². The third-order valence-electron chi connectivity index (χ3n) is 8.44. The van der Waals surface area contributed by atoms with E-state index in [0.29, 0.717) is 17.6 Å². The maximum absolute atomic E-state index is 12.1. The van der Waals surface area contributed by atoms with Crippen molar-refractivity contribution in [3.63, 3.8) is 0 Å². The van der Waals surface area contributed by atoms with Crippen molar-refractivity contribution in [2.75, 3.05) is 18.8 Å². The highest BCUT2D eigenvalue weighted by Crippen LogP contribution is 2.42. The predicted molar refractivity (Wildman–Crippen MR) is 144 cm³/mol. The number of quaternary nitrogens is 1. The Hall–Kier alpha value is -2.15. The summed E-state index contributed by atoms with van der Waals surface area (Å²) in [6, 6.07) is 20.7. The zero-order chi connectivity index (χ0) is 24.8. The molecule has 0 spiro atoms. The molecule has 36 heavy (non-hydrogen) atoms. The highest BCUT2D eigenvalue weighted by Gasteiger charge is 2.45. The van der Waals surface area contributed by atoms with E-state index in [9.17, 15) is 5.11 Å². The van der Waals surface area contributed by atoms with Gasteiger partial charge in [0.05, 0.1) is 13.1 Å². The second kappa shape index (κ2) is 11.9. The molecule has 2 N–H and O–H groups in total. The second-order valence-corrected chi connectivity index (χ2v) is 11.8. The molecule has 0 bridgehead atoms. The molecule has 1 aromatic heterocycles. The number of nitrogens with one attached hydrogen (secondary N) is 1. The molecule has 1 saturated heterocycles. The van der Waals surface area contributed by atoms with E-state index in [-0.39, 0.29) is 5.92 Å². The summed E-state index contributed by atoms with van der Waals surface area (Å²) in [5.74, 6) is 3.80. The minimum Gasteiger partial charge on any atom is -0.377 e. The first-order chi connectivity index (χ1) is 17.7. The van der Waals surface area contributed by atoms with Crippen molar-refractivity contribution in [2.45, 2.75) is 68.9 Å². The van der Waals surface area contributed by atoms with Crippen LogP contribution in [0.15, 0.2) is 70.1 Å². The Morgan fingerprint density at radius 3 is 2.42 bits per heavy atom. The SMILES string of the molecule is CCC1CC[NH+](Cc2nc(C(O)(c3ccccc3)C3CCCCC3)no2)CC1CSc1ccccc1. The normalized spacial score (nSPS) is 24.9. The summed E-state index contributed by atoms with van der Waals surface area (Å²) in [5.41, 5.74) is -0.318. The number of thioether (sulfide) groups is 1. The van der Waals surface area contributed by atoms with Crippen molar-refractivity contribution >= 4 is 11.8 Å². The topological polar surface area (TPSA) is 63.6 Å². The molecular formula is C30H40N3O2S+. The lowest BCUT2D eigenvalue weighted by atomic mass is 9.73. The zero-order valence-electron chi connectivity index (χ0n) is 21.4. The lowest BCUT2D eigenvalue weighted by Gasteiger charge is -2.36. The Labute approximate surface area is 219 Å². The van der Waals surface area contributed by atoms with E-state index in [4.69, 9.17) is 9.51 Å². The van der Waals surface area contributed by atoms with E-state index in [1.54, 1.807) is 0 Å². The Morgan fingerprint density at radius 1 is 0.972 bits per heavy atom. The van der Waals surface area contributed by atoms with Gasteiger partial charge in [-0.15, -0.1) is 11.8 Å². The molecule has 5 nitrogen and oxygen atoms in total. The van der Waals surface area contributed by atoms with Crippen molar-refractivity contribution in [1.82, 2.24) is 10.1 Å². The van der Waals surface area contributed by atoms with E-state index in [1.807, 2.05) is 42.1 Å². The van der Waals surface area contributed by atoms with Crippen LogP contribution < -0.4 is 4.90 Å². The number of aromatic nitrogens is 2. The molecule has 0 amide bonds. The predicted octanol–water partition coefficient (Wildman–Crippen LogP) is 5.11. The van der Waals surface area contributed by atoms with Gasteiger partial charge in [-0.3, -0.25) is 0 Å². The van der Waals surface area contributed by atoms with Gasteiger partial charge in [0.15, 0.2) is 12.1 Å². The van der Waals surface area contributed by atoms with Crippen LogP contribution in [0, 0.1) is 17.8 Å². The van der Waals surface area contributed by atoms with Crippen molar-refractivity contribution in [2.24, 2.45) is 17.8 Å². The minimum absolute atomic E-state index is 0.117. The van der Waals surface area contributed by atoms with Crippen LogP contribution in [-0.4, -0.2) is 34.1 Å². The number of benzene rings is 2. The molecule has 0 radical (unpaired) electrons. The van der Waals surface area contributed by atoms with E-state index >= 15 is 0 Å². The average molecular weight is 507 g/mol. The Kier molecular flexibility index (Phi) is 8.45. The summed E-state index contributed by atoms with van der Waals surface area (Å²) in [4.78, 5) is 7.69. The van der Waals surface area contributed by atoms with Gasteiger partial charge in [-0.05, 0) is 48.8 Å². The fourth-order valence-electron chi connectivity index (χ4n) is 6.33. The van der Waals surface area contributed by atoms with Crippen LogP contribution in [0.25, 0.3) is 0 Å². The van der Waals surface area contributed by atoms with E-state index < -0.39 is 5.60 Å². The highest BCUT2D eigenvalue weighted by atomic mass is 32.2. The standard InChI is InChI=1S/C30H39N3O2S/c1-2-23-18-19-33(20-24(23)22-36-27-16-10-5-11-17-27)21-28-31-29(32-35-28)30(34,25-12-6-3-7-13-25)26-14-8-4-9-15-26/h3,5-7,10-13,16-17,23-24,26,34H,2,4,8-9,14-15,18-22H2,1H3/p+1. The van der Waals surface area contributed by atoms with E-state index in [2.05, 4.69) is 42.4 Å². The van der Waals surface area contributed by atoms with Crippen LogP contribution in [0.5, 0.6) is 0 Å². The average Bonchev–Trinajstić information content (AvgIpc) is 3.42. The zero-order valence-corrected chi connectivity index (χ0v) is 22.3. The molecule has 2 aromatic carbocycles. The van der Waals surface area contributed by atoms with Crippen LogP contribution in [0.2, 0.25) is 0 Å². The summed E-state index contributed by atoms with van der Waals surface area (Å²) in [7, 11) is 0. The molecule has 192 valence electrons. The Morgan fingerprint density at radius 2 is 1.69 bits per heavy atom. The third-order valence-corrected chi connectivity index (χ3v) is 9.64. The summed E-state index contributed by atoms with van der Waals surface area (Å²) < 4.78 is 5.80. The van der Waals surface area contributed by atoms with Gasteiger partial charge >= 0.3 is 0 Å². The maximum Gasteiger partial charge on any atom is 0.281 e. The van der Waals surface area contributed by atoms with Gasteiger partial charge in [0.1, 0.15) is 0 Å². The van der Waals surface area contributed by atoms with Crippen LogP contribution in [0.1, 0.15) is 69.1 Å². The molecule has 2 heterocycles. The van der Waals surface area contributed by atoms with Crippen LogP contribution in [0.3, 0.4) is 0 Å².